The average Bonchev–Trinajstić information content (AvgIpc) is 2.10. The van der Waals surface area contributed by atoms with Gasteiger partial charge in [0.2, 0.25) is 0 Å². The Balaban J connectivity index is 0. The molecule has 1 heteroatoms. The van der Waals surface area contributed by atoms with Crippen LogP contribution in [0.1, 0.15) is 71.1 Å². The van der Waals surface area contributed by atoms with Crippen molar-refractivity contribution in [3.05, 3.63) is 6.92 Å². The maximum absolute atomic E-state index is 3.84. The van der Waals surface area contributed by atoms with Gasteiger partial charge < -0.3 is 6.92 Å². The molecule has 0 heterocycles. The van der Waals surface area contributed by atoms with Crippen LogP contribution in [0.4, 0.5) is 0 Å². The van der Waals surface area contributed by atoms with Crippen molar-refractivity contribution in [1.82, 2.24) is 0 Å². The van der Waals surface area contributed by atoms with Crippen LogP contribution in [0.25, 0.3) is 0 Å². The van der Waals surface area contributed by atoms with Gasteiger partial charge in [-0.3, -0.25) is 0 Å². The fourth-order valence-corrected chi connectivity index (χ4v) is 1.49. The van der Waals surface area contributed by atoms with Crippen LogP contribution in [0.15, 0.2) is 0 Å². The van der Waals surface area contributed by atoms with Crippen LogP contribution in [0.2, 0.25) is 0 Å². The quantitative estimate of drug-likeness (QED) is 0.301. The molecule has 0 spiro atoms. The predicted octanol–water partition coefficient (Wildman–Crippen LogP) is 4.74. The monoisotopic (exact) mass is 224 g/mol. The first-order valence-electron chi connectivity index (χ1n) is 5.71. The van der Waals surface area contributed by atoms with Gasteiger partial charge in [0.15, 0.2) is 0 Å². The summed E-state index contributed by atoms with van der Waals surface area (Å²) >= 11 is 0. The molecule has 0 N–H and O–H groups in total. The van der Waals surface area contributed by atoms with Crippen LogP contribution in [0, 0.1) is 6.92 Å². The van der Waals surface area contributed by atoms with Gasteiger partial charge in [-0.1, -0.05) is 64.7 Å². The van der Waals surface area contributed by atoms with E-state index in [-0.39, 0.29) is 17.1 Å². The van der Waals surface area contributed by atoms with Gasteiger partial charge in [0.1, 0.15) is 0 Å². The SMILES string of the molecule is [CH2-]CCCCCCCCCCC.[Mn]. The largest absolute Gasteiger partial charge is 0.343 e. The normalized spacial score (nSPS) is 9.69. The van der Waals surface area contributed by atoms with E-state index in [1.54, 1.807) is 0 Å². The Hall–Kier alpha value is 0.519. The van der Waals surface area contributed by atoms with Crippen molar-refractivity contribution in [1.29, 1.82) is 0 Å². The molecule has 0 aliphatic heterocycles. The Kier molecular flexibility index (Phi) is 18.4. The molecule has 0 nitrogen and oxygen atoms in total. The van der Waals surface area contributed by atoms with Crippen LogP contribution in [0.3, 0.4) is 0 Å². The molecule has 0 aromatic heterocycles. The Bertz CT molecular complexity index is 61.5. The summed E-state index contributed by atoms with van der Waals surface area (Å²) in [6.07, 6.45) is 13.9. The molecule has 0 aromatic carbocycles. The Morgan fingerprint density at radius 3 is 1.46 bits per heavy atom. The first-order chi connectivity index (χ1) is 5.91. The van der Waals surface area contributed by atoms with Crippen molar-refractivity contribution >= 4 is 0 Å². The van der Waals surface area contributed by atoms with Gasteiger partial charge in [-0.15, -0.1) is 0 Å². The van der Waals surface area contributed by atoms with E-state index in [1.165, 1.54) is 57.8 Å². The third kappa shape index (κ3) is 15.3. The summed E-state index contributed by atoms with van der Waals surface area (Å²) in [6, 6.07) is 0. The van der Waals surface area contributed by atoms with Crippen LogP contribution < -0.4 is 0 Å². The number of hydrogen-bond donors (Lipinski definition) is 0. The fraction of sp³-hybridized carbons (Fsp3) is 0.917. The summed E-state index contributed by atoms with van der Waals surface area (Å²) < 4.78 is 0. The van der Waals surface area contributed by atoms with E-state index in [4.69, 9.17) is 0 Å². The molecule has 0 saturated heterocycles. The predicted molar refractivity (Wildman–Crippen MR) is 57.2 cm³/mol. The topological polar surface area (TPSA) is 0 Å². The summed E-state index contributed by atoms with van der Waals surface area (Å²) in [7, 11) is 0. The second-order valence-electron chi connectivity index (χ2n) is 3.68. The summed E-state index contributed by atoms with van der Waals surface area (Å²) in [6.45, 7) is 6.12. The van der Waals surface area contributed by atoms with Crippen LogP contribution in [-0.4, -0.2) is 0 Å². The molecule has 13 heavy (non-hydrogen) atoms. The average molecular weight is 224 g/mol. The Morgan fingerprint density at radius 1 is 0.692 bits per heavy atom. The summed E-state index contributed by atoms with van der Waals surface area (Å²) in [5.41, 5.74) is 0. The molecule has 0 aliphatic rings. The van der Waals surface area contributed by atoms with E-state index in [9.17, 15) is 0 Å². The molecule has 0 saturated carbocycles. The zero-order valence-corrected chi connectivity index (χ0v) is 10.3. The summed E-state index contributed by atoms with van der Waals surface area (Å²) in [5, 5.41) is 0. The van der Waals surface area contributed by atoms with Crippen molar-refractivity contribution in [2.75, 3.05) is 0 Å². The van der Waals surface area contributed by atoms with Gasteiger partial charge in [-0.25, -0.2) is 0 Å². The van der Waals surface area contributed by atoms with Crippen LogP contribution in [-0.2, 0) is 17.1 Å². The number of hydrogen-bond acceptors (Lipinski definition) is 0. The molecule has 0 aliphatic carbocycles. The van der Waals surface area contributed by atoms with Gasteiger partial charge in [0.25, 0.3) is 0 Å². The first kappa shape index (κ1) is 16.0. The minimum Gasteiger partial charge on any atom is -0.343 e. The van der Waals surface area contributed by atoms with Crippen LogP contribution in [0.5, 0.6) is 0 Å². The maximum atomic E-state index is 3.84. The van der Waals surface area contributed by atoms with E-state index in [0.717, 1.165) is 6.42 Å². The van der Waals surface area contributed by atoms with Crippen molar-refractivity contribution in [3.8, 4) is 0 Å². The number of unbranched alkanes of at least 4 members (excludes halogenated alkanes) is 9. The Labute approximate surface area is 95.3 Å². The molecule has 81 valence electrons. The van der Waals surface area contributed by atoms with Gasteiger partial charge in [0.05, 0.1) is 0 Å². The Morgan fingerprint density at radius 2 is 1.08 bits per heavy atom. The van der Waals surface area contributed by atoms with Gasteiger partial charge >= 0.3 is 0 Å². The molecular formula is C12H25Mn-. The van der Waals surface area contributed by atoms with E-state index >= 15 is 0 Å². The standard InChI is InChI=1S/C12H25.Mn/c1-3-5-7-9-11-12-10-8-6-4-2;/h1,3-12H2,2H3;/q-1;. The summed E-state index contributed by atoms with van der Waals surface area (Å²) in [5.74, 6) is 0. The van der Waals surface area contributed by atoms with Crippen molar-refractivity contribution in [3.63, 3.8) is 0 Å². The van der Waals surface area contributed by atoms with Crippen molar-refractivity contribution in [2.24, 2.45) is 0 Å². The molecule has 0 atom stereocenters. The van der Waals surface area contributed by atoms with E-state index < -0.39 is 0 Å². The van der Waals surface area contributed by atoms with E-state index in [1.807, 2.05) is 0 Å². The number of rotatable bonds is 9. The zero-order chi connectivity index (χ0) is 9.07. The van der Waals surface area contributed by atoms with Gasteiger partial charge in [-0.05, 0) is 0 Å². The van der Waals surface area contributed by atoms with Crippen LogP contribution >= 0.6 is 0 Å². The first-order valence-corrected chi connectivity index (χ1v) is 5.71. The minimum absolute atomic E-state index is 0. The minimum atomic E-state index is 0. The second-order valence-corrected chi connectivity index (χ2v) is 3.68. The molecule has 0 rings (SSSR count). The fourth-order valence-electron chi connectivity index (χ4n) is 1.49. The molecule has 1 radical (unpaired) electrons. The van der Waals surface area contributed by atoms with E-state index in [2.05, 4.69) is 13.8 Å². The second kappa shape index (κ2) is 15.0. The van der Waals surface area contributed by atoms with E-state index in [0.29, 0.717) is 0 Å². The van der Waals surface area contributed by atoms with Crippen molar-refractivity contribution in [2.45, 2.75) is 71.1 Å². The zero-order valence-electron chi connectivity index (χ0n) is 9.16. The molecule has 0 fully saturated rings. The molecule has 0 bridgehead atoms. The smallest absolute Gasteiger partial charge is 0 e. The molecular weight excluding hydrogens is 199 g/mol. The maximum Gasteiger partial charge on any atom is 0 e. The van der Waals surface area contributed by atoms with Gasteiger partial charge in [0, 0.05) is 17.1 Å². The molecule has 0 unspecified atom stereocenters. The van der Waals surface area contributed by atoms with Crippen molar-refractivity contribution < 1.29 is 17.1 Å². The third-order valence-electron chi connectivity index (χ3n) is 2.35. The summed E-state index contributed by atoms with van der Waals surface area (Å²) in [4.78, 5) is 0. The third-order valence-corrected chi connectivity index (χ3v) is 2.35. The molecule has 0 amide bonds. The van der Waals surface area contributed by atoms with Gasteiger partial charge in [-0.2, -0.15) is 6.42 Å². The molecule has 0 aromatic rings.